The first-order valence-corrected chi connectivity index (χ1v) is 6.27. The van der Waals surface area contributed by atoms with Gasteiger partial charge in [-0.3, -0.25) is 0 Å². The van der Waals surface area contributed by atoms with E-state index in [1.54, 1.807) is 12.1 Å². The first-order chi connectivity index (χ1) is 8.39. The minimum Gasteiger partial charge on any atom is -0.478 e. The molecule has 1 saturated heterocycles. The van der Waals surface area contributed by atoms with Crippen molar-refractivity contribution in [3.05, 3.63) is 23.8 Å². The molecule has 0 unspecified atom stereocenters. The molecule has 4 nitrogen and oxygen atoms in total. The van der Waals surface area contributed by atoms with E-state index in [2.05, 4.69) is 18.7 Å². The molecular formula is C14H20N2O2. The van der Waals surface area contributed by atoms with Crippen molar-refractivity contribution in [2.45, 2.75) is 26.7 Å². The second kappa shape index (κ2) is 4.52. The molecule has 18 heavy (non-hydrogen) atoms. The van der Waals surface area contributed by atoms with Crippen molar-refractivity contribution in [1.29, 1.82) is 0 Å². The molecule has 1 aliphatic rings. The van der Waals surface area contributed by atoms with Gasteiger partial charge in [0.25, 0.3) is 0 Å². The lowest BCUT2D eigenvalue weighted by Crippen LogP contribution is -2.40. The van der Waals surface area contributed by atoms with Crippen LogP contribution in [-0.2, 0) is 0 Å². The lowest BCUT2D eigenvalue weighted by Gasteiger charge is -2.39. The molecule has 2 rings (SSSR count). The number of nitrogens with two attached hydrogens (primary N) is 1. The van der Waals surface area contributed by atoms with Crippen LogP contribution in [0.4, 0.5) is 11.4 Å². The number of carboxylic acids is 1. The van der Waals surface area contributed by atoms with Crippen molar-refractivity contribution in [2.24, 2.45) is 5.41 Å². The number of nitrogen functional groups attached to an aromatic ring is 1. The molecule has 0 aliphatic carbocycles. The predicted octanol–water partition coefficient (Wildman–Crippen LogP) is 2.59. The summed E-state index contributed by atoms with van der Waals surface area (Å²) in [6.07, 6.45) is 2.35. The zero-order valence-corrected chi connectivity index (χ0v) is 10.9. The molecule has 98 valence electrons. The van der Waals surface area contributed by atoms with Gasteiger partial charge in [0.15, 0.2) is 0 Å². The average molecular weight is 248 g/mol. The van der Waals surface area contributed by atoms with E-state index in [4.69, 9.17) is 10.8 Å². The van der Waals surface area contributed by atoms with Gasteiger partial charge in [-0.2, -0.15) is 0 Å². The van der Waals surface area contributed by atoms with Crippen LogP contribution in [0.2, 0.25) is 0 Å². The maximum atomic E-state index is 11.1. The van der Waals surface area contributed by atoms with E-state index in [1.807, 2.05) is 6.07 Å². The van der Waals surface area contributed by atoms with E-state index in [0.717, 1.165) is 25.2 Å². The Labute approximate surface area is 107 Å². The van der Waals surface area contributed by atoms with Gasteiger partial charge in [-0.15, -0.1) is 0 Å². The molecule has 3 N–H and O–H groups in total. The van der Waals surface area contributed by atoms with Gasteiger partial charge in [0.05, 0.1) is 5.56 Å². The van der Waals surface area contributed by atoms with E-state index in [9.17, 15) is 4.79 Å². The zero-order chi connectivity index (χ0) is 13.3. The normalized spacial score (nSPS) is 18.7. The summed E-state index contributed by atoms with van der Waals surface area (Å²) in [6.45, 7) is 6.42. The van der Waals surface area contributed by atoms with Crippen molar-refractivity contribution in [3.63, 3.8) is 0 Å². The van der Waals surface area contributed by atoms with Crippen molar-refractivity contribution in [1.82, 2.24) is 0 Å². The molecule has 4 heteroatoms. The van der Waals surface area contributed by atoms with Gasteiger partial charge in [-0.25, -0.2) is 4.79 Å². The van der Waals surface area contributed by atoms with Crippen LogP contribution < -0.4 is 10.6 Å². The number of rotatable bonds is 2. The van der Waals surface area contributed by atoms with Crippen LogP contribution in [0.15, 0.2) is 18.2 Å². The summed E-state index contributed by atoms with van der Waals surface area (Å²) in [5, 5.41) is 9.09. The highest BCUT2D eigenvalue weighted by Gasteiger charge is 2.26. The Bertz CT molecular complexity index is 469. The van der Waals surface area contributed by atoms with E-state index in [-0.39, 0.29) is 11.0 Å². The summed E-state index contributed by atoms with van der Waals surface area (Å²) < 4.78 is 0. The van der Waals surface area contributed by atoms with Gasteiger partial charge in [-0.05, 0) is 36.5 Å². The van der Waals surface area contributed by atoms with Crippen LogP contribution in [0.1, 0.15) is 37.0 Å². The first kappa shape index (κ1) is 12.7. The minimum atomic E-state index is -0.967. The van der Waals surface area contributed by atoms with Gasteiger partial charge < -0.3 is 15.7 Å². The number of nitrogens with zero attached hydrogens (tertiary/aromatic N) is 1. The number of carboxylic acid groups (broad SMARTS) is 1. The summed E-state index contributed by atoms with van der Waals surface area (Å²) in [5.41, 5.74) is 7.42. The number of hydrogen-bond acceptors (Lipinski definition) is 3. The van der Waals surface area contributed by atoms with Gasteiger partial charge in [0.2, 0.25) is 0 Å². The van der Waals surface area contributed by atoms with E-state index in [0.29, 0.717) is 5.69 Å². The third-order valence-electron chi connectivity index (χ3n) is 3.53. The predicted molar refractivity (Wildman–Crippen MR) is 73.0 cm³/mol. The summed E-state index contributed by atoms with van der Waals surface area (Å²) in [5.74, 6) is -0.967. The molecule has 1 fully saturated rings. The van der Waals surface area contributed by atoms with E-state index in [1.165, 1.54) is 6.42 Å². The molecule has 0 saturated carbocycles. The minimum absolute atomic E-state index is 0.191. The summed E-state index contributed by atoms with van der Waals surface area (Å²) in [7, 11) is 0. The van der Waals surface area contributed by atoms with Crippen molar-refractivity contribution in [2.75, 3.05) is 23.7 Å². The molecule has 1 heterocycles. The summed E-state index contributed by atoms with van der Waals surface area (Å²) in [6, 6.07) is 5.27. The quantitative estimate of drug-likeness (QED) is 0.789. The zero-order valence-electron chi connectivity index (χ0n) is 10.9. The molecule has 0 radical (unpaired) electrons. The molecule has 0 atom stereocenters. The van der Waals surface area contributed by atoms with Gasteiger partial charge in [0, 0.05) is 24.5 Å². The smallest absolute Gasteiger partial charge is 0.337 e. The second-order valence-electron chi connectivity index (χ2n) is 5.77. The Morgan fingerprint density at radius 3 is 2.78 bits per heavy atom. The monoisotopic (exact) mass is 248 g/mol. The Kier molecular flexibility index (Phi) is 3.20. The molecule has 0 amide bonds. The number of piperidine rings is 1. The fourth-order valence-electron chi connectivity index (χ4n) is 2.57. The van der Waals surface area contributed by atoms with E-state index < -0.39 is 5.97 Å². The van der Waals surface area contributed by atoms with Crippen LogP contribution in [0, 0.1) is 5.41 Å². The molecule has 1 aliphatic heterocycles. The van der Waals surface area contributed by atoms with Crippen LogP contribution >= 0.6 is 0 Å². The Morgan fingerprint density at radius 2 is 2.17 bits per heavy atom. The molecule has 0 aromatic heterocycles. The lowest BCUT2D eigenvalue weighted by atomic mass is 9.84. The van der Waals surface area contributed by atoms with E-state index >= 15 is 0 Å². The third kappa shape index (κ3) is 2.58. The Morgan fingerprint density at radius 1 is 1.44 bits per heavy atom. The summed E-state index contributed by atoms with van der Waals surface area (Å²) >= 11 is 0. The number of anilines is 2. The Hall–Kier alpha value is -1.71. The fraction of sp³-hybridized carbons (Fsp3) is 0.500. The maximum Gasteiger partial charge on any atom is 0.337 e. The van der Waals surface area contributed by atoms with Gasteiger partial charge in [0.1, 0.15) is 0 Å². The van der Waals surface area contributed by atoms with Crippen LogP contribution in [-0.4, -0.2) is 24.2 Å². The highest BCUT2D eigenvalue weighted by atomic mass is 16.4. The number of aromatic carboxylic acids is 1. The van der Waals surface area contributed by atoms with Crippen LogP contribution in [0.5, 0.6) is 0 Å². The second-order valence-corrected chi connectivity index (χ2v) is 5.77. The summed E-state index contributed by atoms with van der Waals surface area (Å²) in [4.78, 5) is 13.3. The average Bonchev–Trinajstić information content (AvgIpc) is 2.27. The van der Waals surface area contributed by atoms with Crippen LogP contribution in [0.25, 0.3) is 0 Å². The largest absolute Gasteiger partial charge is 0.478 e. The lowest BCUT2D eigenvalue weighted by molar-refractivity contribution is 0.0698. The highest BCUT2D eigenvalue weighted by molar-refractivity contribution is 5.94. The Balaban J connectivity index is 2.28. The molecule has 0 bridgehead atoms. The SMILES string of the molecule is CC1(C)CCCN(c2ccc(N)c(C(=O)O)c2)C1. The molecule has 1 aromatic rings. The number of carbonyl (C=O) groups is 1. The maximum absolute atomic E-state index is 11.1. The first-order valence-electron chi connectivity index (χ1n) is 6.27. The van der Waals surface area contributed by atoms with Crippen molar-refractivity contribution in [3.8, 4) is 0 Å². The molecule has 0 spiro atoms. The van der Waals surface area contributed by atoms with Crippen molar-refractivity contribution >= 4 is 17.3 Å². The van der Waals surface area contributed by atoms with Gasteiger partial charge in [-0.1, -0.05) is 13.8 Å². The number of hydrogen-bond donors (Lipinski definition) is 2. The fourth-order valence-corrected chi connectivity index (χ4v) is 2.57. The third-order valence-corrected chi connectivity index (χ3v) is 3.53. The standard InChI is InChI=1S/C14H20N2O2/c1-14(2)6-3-7-16(9-14)10-4-5-12(15)11(8-10)13(17)18/h4-5,8H,3,6-7,9,15H2,1-2H3,(H,17,18). The van der Waals surface area contributed by atoms with Gasteiger partial charge >= 0.3 is 5.97 Å². The molecular weight excluding hydrogens is 228 g/mol. The van der Waals surface area contributed by atoms with Crippen molar-refractivity contribution < 1.29 is 9.90 Å². The van der Waals surface area contributed by atoms with Crippen LogP contribution in [0.3, 0.4) is 0 Å². The highest BCUT2D eigenvalue weighted by Crippen LogP contribution is 2.32. The molecule has 1 aromatic carbocycles. The topological polar surface area (TPSA) is 66.6 Å². The number of benzene rings is 1.